The topological polar surface area (TPSA) is 121 Å². The van der Waals surface area contributed by atoms with Crippen LogP contribution in [0.3, 0.4) is 0 Å². The number of hydrogen-bond acceptors (Lipinski definition) is 5. The third-order valence-electron chi connectivity index (χ3n) is 6.44. The number of carbonyl (C=O) groups is 2. The van der Waals surface area contributed by atoms with Crippen LogP contribution in [-0.4, -0.2) is 66.3 Å². The highest BCUT2D eigenvalue weighted by atomic mass is 35.5. The van der Waals surface area contributed by atoms with E-state index in [4.69, 9.17) is 17.3 Å². The van der Waals surface area contributed by atoms with Crippen molar-refractivity contribution in [2.24, 2.45) is 11.7 Å². The Morgan fingerprint density at radius 2 is 1.64 bits per heavy atom. The van der Waals surface area contributed by atoms with Gasteiger partial charge in [-0.05, 0) is 60.7 Å². The second kappa shape index (κ2) is 10.1. The summed E-state index contributed by atoms with van der Waals surface area (Å²) in [7, 11) is -3.93. The first-order valence-corrected chi connectivity index (χ1v) is 12.5. The zero-order valence-electron chi connectivity index (χ0n) is 17.9. The molecule has 0 aromatic heterocycles. The lowest BCUT2D eigenvalue weighted by Crippen LogP contribution is -2.60. The van der Waals surface area contributed by atoms with Crippen LogP contribution in [0, 0.1) is 5.92 Å². The average molecular weight is 516 g/mol. The van der Waals surface area contributed by atoms with Crippen LogP contribution in [-0.2, 0) is 19.6 Å². The molecule has 1 saturated carbocycles. The largest absolute Gasteiger partial charge is 0.480 e. The maximum atomic E-state index is 13.3. The first-order chi connectivity index (χ1) is 15.2. The normalized spacial score (nSPS) is 24.3. The van der Waals surface area contributed by atoms with Crippen molar-refractivity contribution in [3.8, 4) is 0 Å². The molecule has 180 valence electrons. The van der Waals surface area contributed by atoms with Gasteiger partial charge in [-0.3, -0.25) is 4.79 Å². The van der Waals surface area contributed by atoms with Crippen LogP contribution in [0.4, 0.5) is 0 Å². The summed E-state index contributed by atoms with van der Waals surface area (Å²) in [6.45, 7) is -0.197. The molecule has 1 atom stereocenters. The van der Waals surface area contributed by atoms with Crippen LogP contribution < -0.4 is 5.73 Å². The number of nitrogens with zero attached hydrogens (tertiary/aromatic N) is 2. The number of fused-ring (bicyclic) bond motifs is 1. The molecule has 2 fully saturated rings. The van der Waals surface area contributed by atoms with E-state index in [0.717, 1.165) is 27.9 Å². The predicted octanol–water partition coefficient (Wildman–Crippen LogP) is 2.72. The first-order valence-electron chi connectivity index (χ1n) is 10.6. The van der Waals surface area contributed by atoms with Gasteiger partial charge in [0.1, 0.15) is 6.04 Å². The fraction of sp³-hybridized carbons (Fsp3) is 0.455. The molecule has 0 bridgehead atoms. The van der Waals surface area contributed by atoms with Crippen LogP contribution in [0.5, 0.6) is 0 Å². The Labute approximate surface area is 204 Å². The van der Waals surface area contributed by atoms with E-state index in [1.54, 1.807) is 30.3 Å². The highest BCUT2D eigenvalue weighted by Crippen LogP contribution is 2.29. The molecule has 2 aromatic rings. The molecule has 1 unspecified atom stereocenters. The van der Waals surface area contributed by atoms with Crippen molar-refractivity contribution < 1.29 is 23.1 Å². The van der Waals surface area contributed by atoms with Gasteiger partial charge in [0.2, 0.25) is 15.9 Å². The Morgan fingerprint density at radius 1 is 1.00 bits per heavy atom. The van der Waals surface area contributed by atoms with Crippen molar-refractivity contribution in [3.05, 3.63) is 41.4 Å². The van der Waals surface area contributed by atoms with Crippen molar-refractivity contribution in [3.63, 3.8) is 0 Å². The Kier molecular flexibility index (Phi) is 7.91. The van der Waals surface area contributed by atoms with E-state index in [-0.39, 0.29) is 54.8 Å². The van der Waals surface area contributed by atoms with Crippen molar-refractivity contribution in [1.82, 2.24) is 9.21 Å². The quantitative estimate of drug-likeness (QED) is 0.645. The maximum Gasteiger partial charge on any atom is 0.327 e. The molecule has 4 rings (SSSR count). The van der Waals surface area contributed by atoms with Gasteiger partial charge in [0.05, 0.1) is 4.90 Å². The number of rotatable bonds is 4. The Morgan fingerprint density at radius 3 is 2.30 bits per heavy atom. The summed E-state index contributed by atoms with van der Waals surface area (Å²) in [5, 5.41) is 11.9. The van der Waals surface area contributed by atoms with Gasteiger partial charge >= 0.3 is 5.97 Å². The van der Waals surface area contributed by atoms with Gasteiger partial charge in [-0.2, -0.15) is 4.31 Å². The number of amides is 1. The molecule has 3 N–H and O–H groups in total. The molecule has 11 heteroatoms. The van der Waals surface area contributed by atoms with E-state index in [0.29, 0.717) is 17.9 Å². The molecule has 0 radical (unpaired) electrons. The molecule has 2 aromatic carbocycles. The predicted molar refractivity (Wildman–Crippen MR) is 128 cm³/mol. The number of halogens is 2. The lowest BCUT2D eigenvalue weighted by Gasteiger charge is -2.40. The SMILES string of the molecule is Cl.NC1CCC(C(=O)N2CCN(S(=O)(=O)c3ccc4cc(Cl)ccc4c3)CC2C(=O)O)CC1. The van der Waals surface area contributed by atoms with E-state index < -0.39 is 22.0 Å². The minimum Gasteiger partial charge on any atom is -0.480 e. The highest BCUT2D eigenvalue weighted by molar-refractivity contribution is 7.89. The fourth-order valence-electron chi connectivity index (χ4n) is 4.56. The minimum atomic E-state index is -3.93. The number of benzene rings is 2. The van der Waals surface area contributed by atoms with Crippen molar-refractivity contribution >= 4 is 56.7 Å². The zero-order chi connectivity index (χ0) is 23.0. The van der Waals surface area contributed by atoms with E-state index >= 15 is 0 Å². The molecule has 33 heavy (non-hydrogen) atoms. The Balaban J connectivity index is 0.00000306. The first kappa shape index (κ1) is 25.7. The second-order valence-electron chi connectivity index (χ2n) is 8.51. The Bertz CT molecular complexity index is 1150. The van der Waals surface area contributed by atoms with Crippen LogP contribution in [0.2, 0.25) is 5.02 Å². The van der Waals surface area contributed by atoms with Crippen LogP contribution in [0.15, 0.2) is 41.3 Å². The zero-order valence-corrected chi connectivity index (χ0v) is 20.3. The number of hydrogen-bond donors (Lipinski definition) is 2. The van der Waals surface area contributed by atoms with Gasteiger partial charge in [0.25, 0.3) is 0 Å². The number of carboxylic acid groups (broad SMARTS) is 1. The Hall–Kier alpha value is -1.91. The van der Waals surface area contributed by atoms with Crippen molar-refractivity contribution in [2.75, 3.05) is 19.6 Å². The van der Waals surface area contributed by atoms with E-state index in [9.17, 15) is 23.1 Å². The summed E-state index contributed by atoms with van der Waals surface area (Å²) in [4.78, 5) is 26.4. The molecule has 2 aliphatic rings. The number of carboxylic acids is 1. The summed E-state index contributed by atoms with van der Waals surface area (Å²) >= 11 is 6.00. The highest BCUT2D eigenvalue weighted by Gasteiger charge is 2.42. The molecule has 1 saturated heterocycles. The molecule has 1 aliphatic carbocycles. The van der Waals surface area contributed by atoms with Crippen molar-refractivity contribution in [2.45, 2.75) is 42.7 Å². The fourth-order valence-corrected chi connectivity index (χ4v) is 6.21. The smallest absolute Gasteiger partial charge is 0.327 e. The summed E-state index contributed by atoms with van der Waals surface area (Å²) in [6.07, 6.45) is 2.73. The second-order valence-corrected chi connectivity index (χ2v) is 10.9. The van der Waals surface area contributed by atoms with Gasteiger partial charge in [0.15, 0.2) is 0 Å². The molecule has 1 heterocycles. The van der Waals surface area contributed by atoms with Gasteiger partial charge < -0.3 is 15.7 Å². The van der Waals surface area contributed by atoms with Crippen LogP contribution >= 0.6 is 24.0 Å². The summed E-state index contributed by atoms with van der Waals surface area (Å²) in [5.74, 6) is -1.69. The monoisotopic (exact) mass is 515 g/mol. The minimum absolute atomic E-state index is 0. The van der Waals surface area contributed by atoms with Gasteiger partial charge in [-0.1, -0.05) is 23.7 Å². The third-order valence-corrected chi connectivity index (χ3v) is 8.54. The summed E-state index contributed by atoms with van der Waals surface area (Å²) < 4.78 is 27.7. The standard InChI is InChI=1S/C22H26ClN3O5S.ClH/c23-17-5-1-16-12-19(8-4-15(16)11-17)32(30,31)25-9-10-26(20(13-25)22(28)29)21(27)14-2-6-18(24)7-3-14;/h1,4-5,8,11-12,14,18,20H,2-3,6-7,9-10,13,24H2,(H,28,29);1H. The van der Waals surface area contributed by atoms with Gasteiger partial charge in [0, 0.05) is 36.6 Å². The molecular formula is C22H27Cl2N3O5S. The molecule has 0 spiro atoms. The lowest BCUT2D eigenvalue weighted by molar-refractivity contribution is -0.155. The summed E-state index contributed by atoms with van der Waals surface area (Å²) in [6, 6.07) is 8.75. The number of piperazine rings is 1. The third kappa shape index (κ3) is 5.27. The van der Waals surface area contributed by atoms with Gasteiger partial charge in [-0.25, -0.2) is 13.2 Å². The number of sulfonamides is 1. The van der Waals surface area contributed by atoms with Crippen molar-refractivity contribution in [1.29, 1.82) is 0 Å². The average Bonchev–Trinajstić information content (AvgIpc) is 2.78. The van der Waals surface area contributed by atoms with Crippen LogP contribution in [0.1, 0.15) is 25.7 Å². The van der Waals surface area contributed by atoms with E-state index in [1.807, 2.05) is 0 Å². The number of nitrogens with two attached hydrogens (primary N) is 1. The van der Waals surface area contributed by atoms with E-state index in [1.165, 1.54) is 11.0 Å². The molecule has 1 amide bonds. The molecule has 1 aliphatic heterocycles. The lowest BCUT2D eigenvalue weighted by atomic mass is 9.85. The molecular weight excluding hydrogens is 489 g/mol. The van der Waals surface area contributed by atoms with E-state index in [2.05, 4.69) is 0 Å². The molecule has 8 nitrogen and oxygen atoms in total. The summed E-state index contributed by atoms with van der Waals surface area (Å²) in [5.41, 5.74) is 5.92. The number of carbonyl (C=O) groups excluding carboxylic acids is 1. The number of aliphatic carboxylic acids is 1. The van der Waals surface area contributed by atoms with Crippen LogP contribution in [0.25, 0.3) is 10.8 Å². The van der Waals surface area contributed by atoms with Gasteiger partial charge in [-0.15, -0.1) is 12.4 Å². The maximum absolute atomic E-state index is 13.3.